The van der Waals surface area contributed by atoms with Crippen molar-refractivity contribution in [3.63, 3.8) is 0 Å². The normalized spacial score (nSPS) is 11.2. The van der Waals surface area contributed by atoms with Crippen LogP contribution in [0.5, 0.6) is 11.5 Å². The molecule has 0 aliphatic carbocycles. The van der Waals surface area contributed by atoms with Crippen LogP contribution in [-0.4, -0.2) is 31.3 Å². The van der Waals surface area contributed by atoms with E-state index in [1.54, 1.807) is 12.1 Å². The summed E-state index contributed by atoms with van der Waals surface area (Å²) in [6.45, 7) is 0. The molecule has 1 amide bonds. The molecule has 3 aromatic carbocycles. The minimum atomic E-state index is -0.576. The number of carbonyl (C=O) groups excluding carboxylic acids is 1. The third-order valence-electron chi connectivity index (χ3n) is 4.75. The molecule has 0 bridgehead atoms. The minimum absolute atomic E-state index is 0.0533. The van der Waals surface area contributed by atoms with Gasteiger partial charge in [0.05, 0.1) is 25.4 Å². The Hall–Kier alpha value is -4.40. The molecule has 9 nitrogen and oxygen atoms in total. The van der Waals surface area contributed by atoms with E-state index < -0.39 is 10.8 Å². The van der Waals surface area contributed by atoms with E-state index in [2.05, 4.69) is 10.5 Å². The average Bonchev–Trinajstić information content (AvgIpc) is 3.23. The van der Waals surface area contributed by atoms with Gasteiger partial charge < -0.3 is 13.9 Å². The van der Waals surface area contributed by atoms with Crippen LogP contribution < -0.4 is 14.9 Å². The molecular formula is C22H17N3O6. The number of fused-ring (bicyclic) bond motifs is 3. The van der Waals surface area contributed by atoms with Crippen molar-refractivity contribution in [3.05, 3.63) is 76.0 Å². The number of hydrogen-bond donors (Lipinski definition) is 1. The highest BCUT2D eigenvalue weighted by Gasteiger charge is 2.19. The van der Waals surface area contributed by atoms with Gasteiger partial charge in [0.1, 0.15) is 11.3 Å². The Kier molecular flexibility index (Phi) is 5.23. The first-order valence-electron chi connectivity index (χ1n) is 9.17. The first kappa shape index (κ1) is 19.9. The van der Waals surface area contributed by atoms with Gasteiger partial charge in [0.15, 0.2) is 5.76 Å². The van der Waals surface area contributed by atoms with Gasteiger partial charge in [-0.25, -0.2) is 5.43 Å². The average molecular weight is 419 g/mol. The van der Waals surface area contributed by atoms with E-state index in [0.717, 1.165) is 16.2 Å². The van der Waals surface area contributed by atoms with Gasteiger partial charge in [-0.05, 0) is 22.9 Å². The van der Waals surface area contributed by atoms with Gasteiger partial charge in [0.25, 0.3) is 0 Å². The Labute approximate surface area is 176 Å². The molecule has 4 rings (SSSR count). The Morgan fingerprint density at radius 1 is 1.06 bits per heavy atom. The second kappa shape index (κ2) is 8.15. The Balaban J connectivity index is 1.59. The van der Waals surface area contributed by atoms with Crippen LogP contribution in [0.3, 0.4) is 0 Å². The van der Waals surface area contributed by atoms with Crippen LogP contribution >= 0.6 is 0 Å². The summed E-state index contributed by atoms with van der Waals surface area (Å²) in [5.41, 5.74) is 3.00. The van der Waals surface area contributed by atoms with Crippen molar-refractivity contribution in [2.75, 3.05) is 14.2 Å². The first-order valence-corrected chi connectivity index (χ1v) is 9.17. The summed E-state index contributed by atoms with van der Waals surface area (Å²) in [6, 6.07) is 15.8. The number of nitro groups is 1. The maximum Gasteiger partial charge on any atom is 0.311 e. The fourth-order valence-corrected chi connectivity index (χ4v) is 3.27. The molecule has 0 saturated carbocycles. The molecule has 0 unspecified atom stereocenters. The van der Waals surface area contributed by atoms with Crippen molar-refractivity contribution in [1.29, 1.82) is 0 Å². The second-order valence-corrected chi connectivity index (χ2v) is 6.53. The van der Waals surface area contributed by atoms with Crippen LogP contribution in [0.2, 0.25) is 0 Å². The van der Waals surface area contributed by atoms with Crippen LogP contribution in [0.4, 0.5) is 5.69 Å². The molecule has 4 aromatic rings. The molecule has 31 heavy (non-hydrogen) atoms. The summed E-state index contributed by atoms with van der Waals surface area (Å²) in [6.07, 6.45) is 1.25. The third-order valence-corrected chi connectivity index (χ3v) is 4.75. The highest BCUT2D eigenvalue weighted by atomic mass is 16.6. The van der Waals surface area contributed by atoms with E-state index >= 15 is 0 Å². The summed E-state index contributed by atoms with van der Waals surface area (Å²) >= 11 is 0. The number of hydrogen-bond acceptors (Lipinski definition) is 7. The summed E-state index contributed by atoms with van der Waals surface area (Å²) in [5, 5.41) is 18.0. The maximum atomic E-state index is 12.5. The second-order valence-electron chi connectivity index (χ2n) is 6.53. The number of methoxy groups -OCH3 is 2. The summed E-state index contributed by atoms with van der Waals surface area (Å²) in [7, 11) is 2.74. The van der Waals surface area contributed by atoms with Crippen molar-refractivity contribution in [3.8, 4) is 11.5 Å². The molecule has 0 radical (unpaired) electrons. The zero-order chi connectivity index (χ0) is 22.0. The number of amides is 1. The lowest BCUT2D eigenvalue weighted by atomic mass is 10.1. The summed E-state index contributed by atoms with van der Waals surface area (Å²) in [5.74, 6) is -0.108. The lowest BCUT2D eigenvalue weighted by Gasteiger charge is -2.08. The SMILES string of the molecule is COc1cc(OC)c([N+](=O)[O-])cc1C=NNC(=O)c1cc2c(ccc3ccccc32)o1. The van der Waals surface area contributed by atoms with Gasteiger partial charge in [-0.3, -0.25) is 14.9 Å². The zero-order valence-corrected chi connectivity index (χ0v) is 16.6. The molecule has 9 heteroatoms. The van der Waals surface area contributed by atoms with Gasteiger partial charge in [0.2, 0.25) is 5.75 Å². The highest BCUT2D eigenvalue weighted by Crippen LogP contribution is 2.33. The summed E-state index contributed by atoms with van der Waals surface area (Å²) < 4.78 is 15.9. The largest absolute Gasteiger partial charge is 0.496 e. The number of nitrogens with one attached hydrogen (secondary N) is 1. The lowest BCUT2D eigenvalue weighted by Crippen LogP contribution is -2.16. The molecule has 0 spiro atoms. The van der Waals surface area contributed by atoms with Crippen LogP contribution in [0.15, 0.2) is 64.1 Å². The lowest BCUT2D eigenvalue weighted by molar-refractivity contribution is -0.385. The van der Waals surface area contributed by atoms with E-state index in [1.165, 1.54) is 32.6 Å². The van der Waals surface area contributed by atoms with Gasteiger partial charge in [-0.1, -0.05) is 30.3 Å². The van der Waals surface area contributed by atoms with Crippen LogP contribution in [0.1, 0.15) is 16.1 Å². The highest BCUT2D eigenvalue weighted by molar-refractivity contribution is 6.08. The Bertz CT molecular complexity index is 1340. The van der Waals surface area contributed by atoms with Crippen molar-refractivity contribution in [2.24, 2.45) is 5.10 Å². The number of ether oxygens (including phenoxy) is 2. The van der Waals surface area contributed by atoms with Gasteiger partial charge in [0, 0.05) is 23.1 Å². The standard InChI is InChI=1S/C22H17N3O6/c1-29-19-11-20(30-2)17(25(27)28)9-14(19)12-23-24-22(26)21-10-16-15-6-4-3-5-13(15)7-8-18(16)31-21/h3-12H,1-2H3,(H,24,26). The number of benzene rings is 3. The number of hydrazone groups is 1. The molecule has 1 N–H and O–H groups in total. The molecule has 156 valence electrons. The Morgan fingerprint density at radius 2 is 1.84 bits per heavy atom. The maximum absolute atomic E-state index is 12.5. The Morgan fingerprint density at radius 3 is 2.58 bits per heavy atom. The van der Waals surface area contributed by atoms with Crippen molar-refractivity contribution in [1.82, 2.24) is 5.43 Å². The van der Waals surface area contributed by atoms with E-state index in [1.807, 2.05) is 30.3 Å². The molecule has 0 aliphatic heterocycles. The molecule has 1 aromatic heterocycles. The van der Waals surface area contributed by atoms with Crippen molar-refractivity contribution < 1.29 is 23.6 Å². The topological polar surface area (TPSA) is 116 Å². The van der Waals surface area contributed by atoms with Crippen LogP contribution in [-0.2, 0) is 0 Å². The van der Waals surface area contributed by atoms with E-state index in [4.69, 9.17) is 13.9 Å². The number of rotatable bonds is 6. The molecule has 1 heterocycles. The number of nitro benzene ring substituents is 1. The van der Waals surface area contributed by atoms with E-state index in [0.29, 0.717) is 16.9 Å². The molecular weight excluding hydrogens is 402 g/mol. The number of nitrogens with zero attached hydrogens (tertiary/aromatic N) is 2. The van der Waals surface area contributed by atoms with Gasteiger partial charge in [-0.15, -0.1) is 0 Å². The van der Waals surface area contributed by atoms with Crippen molar-refractivity contribution in [2.45, 2.75) is 0 Å². The summed E-state index contributed by atoms with van der Waals surface area (Å²) in [4.78, 5) is 23.2. The monoisotopic (exact) mass is 419 g/mol. The predicted molar refractivity (Wildman–Crippen MR) is 115 cm³/mol. The fourth-order valence-electron chi connectivity index (χ4n) is 3.27. The number of furan rings is 1. The quantitative estimate of drug-likeness (QED) is 0.283. The zero-order valence-electron chi connectivity index (χ0n) is 16.6. The molecule has 0 aliphatic rings. The first-order chi connectivity index (χ1) is 15.0. The molecule has 0 fully saturated rings. The third kappa shape index (κ3) is 3.76. The molecule has 0 saturated heterocycles. The van der Waals surface area contributed by atoms with Crippen LogP contribution in [0.25, 0.3) is 21.7 Å². The minimum Gasteiger partial charge on any atom is -0.496 e. The van der Waals surface area contributed by atoms with Crippen LogP contribution in [0, 0.1) is 10.1 Å². The molecule has 0 atom stereocenters. The van der Waals surface area contributed by atoms with E-state index in [9.17, 15) is 14.9 Å². The van der Waals surface area contributed by atoms with Gasteiger partial charge in [-0.2, -0.15) is 5.10 Å². The number of carbonyl (C=O) groups is 1. The smallest absolute Gasteiger partial charge is 0.311 e. The predicted octanol–water partition coefficient (Wildman–Crippen LogP) is 4.28. The van der Waals surface area contributed by atoms with Crippen molar-refractivity contribution >= 4 is 39.6 Å². The van der Waals surface area contributed by atoms with E-state index in [-0.39, 0.29) is 17.2 Å². The fraction of sp³-hybridized carbons (Fsp3) is 0.0909. The van der Waals surface area contributed by atoms with Gasteiger partial charge >= 0.3 is 11.6 Å².